The van der Waals surface area contributed by atoms with E-state index < -0.39 is 5.82 Å². The molecule has 0 spiro atoms. The number of aryl methyl sites for hydroxylation is 1. The van der Waals surface area contributed by atoms with E-state index in [-0.39, 0.29) is 11.1 Å². The number of halogens is 2. The van der Waals surface area contributed by atoms with Crippen molar-refractivity contribution in [2.24, 2.45) is 5.84 Å². The third-order valence-electron chi connectivity index (χ3n) is 3.10. The Morgan fingerprint density at radius 1 is 1.42 bits per heavy atom. The largest absolute Gasteiger partial charge is 0.469 e. The lowest BCUT2D eigenvalue weighted by Crippen LogP contribution is -2.30. The van der Waals surface area contributed by atoms with E-state index in [1.165, 1.54) is 6.07 Å². The van der Waals surface area contributed by atoms with Crippen LogP contribution in [0, 0.1) is 5.82 Å². The Labute approximate surface area is 116 Å². The average molecular weight is 283 g/mol. The number of hydrogen-bond donors (Lipinski definition) is 2. The van der Waals surface area contributed by atoms with E-state index in [2.05, 4.69) is 5.43 Å². The molecule has 1 aromatic carbocycles. The summed E-state index contributed by atoms with van der Waals surface area (Å²) in [5.41, 5.74) is 4.57. The fourth-order valence-electron chi connectivity index (χ4n) is 2.11. The molecular formula is C14H16ClFN2O. The Balaban J connectivity index is 2.21. The molecule has 0 aliphatic rings. The van der Waals surface area contributed by atoms with Crippen molar-refractivity contribution in [1.29, 1.82) is 0 Å². The maximum absolute atomic E-state index is 13.4. The highest BCUT2D eigenvalue weighted by Gasteiger charge is 2.16. The molecule has 1 heterocycles. The van der Waals surface area contributed by atoms with Gasteiger partial charge in [-0.05, 0) is 30.2 Å². The highest BCUT2D eigenvalue weighted by molar-refractivity contribution is 6.30. The summed E-state index contributed by atoms with van der Waals surface area (Å²) < 4.78 is 18.8. The van der Waals surface area contributed by atoms with Crippen molar-refractivity contribution < 1.29 is 8.81 Å². The Hall–Kier alpha value is -1.36. The molecule has 1 atom stereocenters. The Morgan fingerprint density at radius 2 is 2.21 bits per heavy atom. The van der Waals surface area contributed by atoms with Crippen LogP contribution in [0.25, 0.3) is 0 Å². The lowest BCUT2D eigenvalue weighted by molar-refractivity contribution is 0.487. The molecule has 19 heavy (non-hydrogen) atoms. The predicted molar refractivity (Wildman–Crippen MR) is 73.3 cm³/mol. The molecule has 1 aromatic heterocycles. The highest BCUT2D eigenvalue weighted by Crippen LogP contribution is 2.24. The van der Waals surface area contributed by atoms with Crippen molar-refractivity contribution in [3.8, 4) is 0 Å². The number of nitrogens with one attached hydrogen (secondary N) is 1. The summed E-state index contributed by atoms with van der Waals surface area (Å²) >= 11 is 5.67. The number of nitrogens with two attached hydrogens (primary N) is 1. The first kappa shape index (κ1) is 14.1. The van der Waals surface area contributed by atoms with Crippen molar-refractivity contribution in [3.63, 3.8) is 0 Å². The van der Waals surface area contributed by atoms with Crippen LogP contribution in [-0.2, 0) is 12.8 Å². The molecule has 3 N–H and O–H groups in total. The zero-order valence-electron chi connectivity index (χ0n) is 10.6. The molecule has 0 radical (unpaired) electrons. The van der Waals surface area contributed by atoms with Gasteiger partial charge in [0.15, 0.2) is 0 Å². The van der Waals surface area contributed by atoms with E-state index in [9.17, 15) is 4.39 Å². The van der Waals surface area contributed by atoms with Crippen molar-refractivity contribution in [2.45, 2.75) is 25.8 Å². The summed E-state index contributed by atoms with van der Waals surface area (Å²) in [6.45, 7) is 2.01. The quantitative estimate of drug-likeness (QED) is 0.653. The first-order valence-corrected chi connectivity index (χ1v) is 6.49. The molecule has 5 heteroatoms. The van der Waals surface area contributed by atoms with Crippen LogP contribution in [-0.4, -0.2) is 0 Å². The van der Waals surface area contributed by atoms with Gasteiger partial charge >= 0.3 is 0 Å². The van der Waals surface area contributed by atoms with Gasteiger partial charge in [0.25, 0.3) is 0 Å². The van der Waals surface area contributed by atoms with E-state index in [4.69, 9.17) is 21.9 Å². The smallest absolute Gasteiger partial charge is 0.142 e. The fourth-order valence-corrected chi connectivity index (χ4v) is 2.23. The molecule has 2 rings (SSSR count). The second kappa shape index (κ2) is 6.19. The van der Waals surface area contributed by atoms with Gasteiger partial charge in [0.2, 0.25) is 0 Å². The standard InChI is InChI=1S/C14H16ClFN2O/c1-2-14-10(5-6-19-14)13(18-17)8-9-3-4-11(15)12(16)7-9/h3-7,13,18H,2,8,17H2,1H3. The summed E-state index contributed by atoms with van der Waals surface area (Å²) in [5, 5.41) is 0.124. The Kier molecular flexibility index (Phi) is 4.58. The zero-order valence-corrected chi connectivity index (χ0v) is 11.4. The van der Waals surface area contributed by atoms with E-state index in [0.29, 0.717) is 6.42 Å². The van der Waals surface area contributed by atoms with Crippen LogP contribution in [0.15, 0.2) is 34.9 Å². The Morgan fingerprint density at radius 3 is 2.84 bits per heavy atom. The third kappa shape index (κ3) is 3.15. The van der Waals surface area contributed by atoms with E-state index in [1.807, 2.05) is 13.0 Å². The molecule has 2 aromatic rings. The maximum Gasteiger partial charge on any atom is 0.142 e. The van der Waals surface area contributed by atoms with Gasteiger partial charge in [-0.1, -0.05) is 24.6 Å². The molecule has 3 nitrogen and oxygen atoms in total. The molecule has 0 aliphatic heterocycles. The SMILES string of the molecule is CCc1occc1C(Cc1ccc(Cl)c(F)c1)NN. The summed E-state index contributed by atoms with van der Waals surface area (Å²) in [5.74, 6) is 6.06. The molecular weight excluding hydrogens is 267 g/mol. The lowest BCUT2D eigenvalue weighted by atomic mass is 9.99. The number of hydrazine groups is 1. The van der Waals surface area contributed by atoms with Crippen LogP contribution >= 0.6 is 11.6 Å². The normalized spacial score (nSPS) is 12.6. The number of hydrogen-bond acceptors (Lipinski definition) is 3. The van der Waals surface area contributed by atoms with Crippen LogP contribution in [0.3, 0.4) is 0 Å². The van der Waals surface area contributed by atoms with Crippen molar-refractivity contribution in [1.82, 2.24) is 5.43 Å². The molecule has 0 saturated heterocycles. The van der Waals surface area contributed by atoms with E-state index in [0.717, 1.165) is 23.3 Å². The predicted octanol–water partition coefficient (Wildman–Crippen LogP) is 3.38. The first-order valence-electron chi connectivity index (χ1n) is 6.12. The van der Waals surface area contributed by atoms with Gasteiger partial charge in [0.05, 0.1) is 17.3 Å². The number of benzene rings is 1. The van der Waals surface area contributed by atoms with Crippen molar-refractivity contribution in [3.05, 3.63) is 58.3 Å². The lowest BCUT2D eigenvalue weighted by Gasteiger charge is -2.16. The van der Waals surface area contributed by atoms with Crippen LogP contribution < -0.4 is 11.3 Å². The minimum Gasteiger partial charge on any atom is -0.469 e. The van der Waals surface area contributed by atoms with E-state index in [1.54, 1.807) is 18.4 Å². The summed E-state index contributed by atoms with van der Waals surface area (Å²) in [7, 11) is 0. The summed E-state index contributed by atoms with van der Waals surface area (Å²) in [6.07, 6.45) is 2.99. The van der Waals surface area contributed by atoms with Crippen LogP contribution in [0.2, 0.25) is 5.02 Å². The van der Waals surface area contributed by atoms with Crippen molar-refractivity contribution in [2.75, 3.05) is 0 Å². The molecule has 0 fully saturated rings. The highest BCUT2D eigenvalue weighted by atomic mass is 35.5. The topological polar surface area (TPSA) is 51.2 Å². The maximum atomic E-state index is 13.4. The molecule has 0 amide bonds. The molecule has 0 saturated carbocycles. The van der Waals surface area contributed by atoms with E-state index >= 15 is 0 Å². The van der Waals surface area contributed by atoms with Gasteiger partial charge in [-0.3, -0.25) is 11.3 Å². The zero-order chi connectivity index (χ0) is 13.8. The molecule has 102 valence electrons. The van der Waals surface area contributed by atoms with Gasteiger partial charge in [-0.25, -0.2) is 4.39 Å². The summed E-state index contributed by atoms with van der Waals surface area (Å²) in [6, 6.07) is 6.54. The van der Waals surface area contributed by atoms with Gasteiger partial charge in [0, 0.05) is 12.0 Å². The minimum absolute atomic E-state index is 0.116. The van der Waals surface area contributed by atoms with Crippen LogP contribution in [0.5, 0.6) is 0 Å². The third-order valence-corrected chi connectivity index (χ3v) is 3.41. The molecule has 0 aliphatic carbocycles. The van der Waals surface area contributed by atoms with Crippen LogP contribution in [0.1, 0.15) is 29.9 Å². The number of rotatable bonds is 5. The Bertz CT molecular complexity index is 556. The fraction of sp³-hybridized carbons (Fsp3) is 0.286. The summed E-state index contributed by atoms with van der Waals surface area (Å²) in [4.78, 5) is 0. The first-order chi connectivity index (χ1) is 9.15. The second-order valence-corrected chi connectivity index (χ2v) is 4.73. The van der Waals surface area contributed by atoms with Crippen LogP contribution in [0.4, 0.5) is 4.39 Å². The van der Waals surface area contributed by atoms with Gasteiger partial charge < -0.3 is 4.42 Å². The van der Waals surface area contributed by atoms with Gasteiger partial charge in [-0.2, -0.15) is 0 Å². The van der Waals surface area contributed by atoms with Crippen molar-refractivity contribution >= 4 is 11.6 Å². The second-order valence-electron chi connectivity index (χ2n) is 4.32. The average Bonchev–Trinajstić information content (AvgIpc) is 2.88. The van der Waals surface area contributed by atoms with Gasteiger partial charge in [0.1, 0.15) is 11.6 Å². The van der Waals surface area contributed by atoms with Gasteiger partial charge in [-0.15, -0.1) is 0 Å². The molecule has 0 bridgehead atoms. The molecule has 1 unspecified atom stereocenters. The number of furan rings is 1. The monoisotopic (exact) mass is 282 g/mol. The minimum atomic E-state index is -0.419.